The van der Waals surface area contributed by atoms with Crippen molar-refractivity contribution in [2.45, 2.75) is 13.3 Å². The topological polar surface area (TPSA) is 59.9 Å². The fraction of sp³-hybridized carbons (Fsp3) is 0.167. The van der Waals surface area contributed by atoms with Crippen LogP contribution in [0.3, 0.4) is 0 Å². The number of pyridine rings is 1. The lowest BCUT2D eigenvalue weighted by Crippen LogP contribution is -2.08. The molecule has 7 heteroatoms. The second kappa shape index (κ2) is 8.14. The molecule has 0 aliphatic heterocycles. The molecule has 128 valence electrons. The lowest BCUT2D eigenvalue weighted by Gasteiger charge is -2.09. The van der Waals surface area contributed by atoms with E-state index in [1.807, 2.05) is 19.1 Å². The minimum atomic E-state index is 0.536. The number of benzene rings is 1. The number of hydrogen-bond acceptors (Lipinski definition) is 5. The molecule has 0 spiro atoms. The Balaban J connectivity index is 1.54. The first kappa shape index (κ1) is 17.5. The van der Waals surface area contributed by atoms with Gasteiger partial charge in [0.25, 0.3) is 0 Å². The molecule has 0 atom stereocenters. The highest BCUT2D eigenvalue weighted by atomic mass is 35.5. The fourth-order valence-corrected chi connectivity index (χ4v) is 2.44. The lowest BCUT2D eigenvalue weighted by molar-refractivity contribution is 0.462. The van der Waals surface area contributed by atoms with Crippen molar-refractivity contribution in [3.63, 3.8) is 0 Å². The molecule has 5 nitrogen and oxygen atoms in total. The van der Waals surface area contributed by atoms with Gasteiger partial charge in [0.1, 0.15) is 22.9 Å². The molecule has 0 fully saturated rings. The van der Waals surface area contributed by atoms with Gasteiger partial charge in [0.05, 0.1) is 5.69 Å². The highest BCUT2D eigenvalue weighted by molar-refractivity contribution is 6.33. The van der Waals surface area contributed by atoms with Crippen molar-refractivity contribution >= 4 is 29.0 Å². The molecule has 0 radical (unpaired) electrons. The molecule has 1 N–H and O–H groups in total. The summed E-state index contributed by atoms with van der Waals surface area (Å²) in [7, 11) is 0. The Bertz CT molecular complexity index is 839. The van der Waals surface area contributed by atoms with E-state index in [1.165, 1.54) is 6.33 Å². The van der Waals surface area contributed by atoms with Crippen LogP contribution >= 0.6 is 23.2 Å². The zero-order valence-corrected chi connectivity index (χ0v) is 15.1. The van der Waals surface area contributed by atoms with Gasteiger partial charge in [0, 0.05) is 23.8 Å². The molecule has 25 heavy (non-hydrogen) atoms. The summed E-state index contributed by atoms with van der Waals surface area (Å²) in [5.74, 6) is 1.87. The summed E-state index contributed by atoms with van der Waals surface area (Å²) >= 11 is 12.0. The standard InChI is InChI=1S/C18H16Cl2N4O/c1-12-17(20)18(24-11-23-12)21-9-8-13-2-7-16(22-10-13)25-15-5-3-14(19)4-6-15/h2-7,10-11H,8-9H2,1H3,(H,21,23,24). The monoisotopic (exact) mass is 374 g/mol. The maximum absolute atomic E-state index is 6.16. The van der Waals surface area contributed by atoms with E-state index in [2.05, 4.69) is 20.3 Å². The molecular weight excluding hydrogens is 359 g/mol. The second-order valence-electron chi connectivity index (χ2n) is 5.36. The van der Waals surface area contributed by atoms with Crippen molar-refractivity contribution in [3.05, 3.63) is 70.2 Å². The molecule has 0 bridgehead atoms. The van der Waals surface area contributed by atoms with Crippen molar-refractivity contribution in [2.75, 3.05) is 11.9 Å². The maximum Gasteiger partial charge on any atom is 0.219 e. The minimum absolute atomic E-state index is 0.536. The molecule has 2 heterocycles. The summed E-state index contributed by atoms with van der Waals surface area (Å²) in [6, 6.07) is 11.0. The maximum atomic E-state index is 6.16. The fourth-order valence-electron chi connectivity index (χ4n) is 2.15. The average Bonchev–Trinajstić information content (AvgIpc) is 2.62. The molecule has 0 amide bonds. The third-order valence-electron chi connectivity index (χ3n) is 3.50. The van der Waals surface area contributed by atoms with Crippen LogP contribution in [0.25, 0.3) is 0 Å². The van der Waals surface area contributed by atoms with Crippen molar-refractivity contribution in [2.24, 2.45) is 0 Å². The van der Waals surface area contributed by atoms with Crippen LogP contribution in [-0.4, -0.2) is 21.5 Å². The Hall–Kier alpha value is -2.37. The number of aryl methyl sites for hydroxylation is 1. The highest BCUT2D eigenvalue weighted by Crippen LogP contribution is 2.22. The Labute approximate surface area is 156 Å². The Morgan fingerprint density at radius 1 is 1.00 bits per heavy atom. The third-order valence-corrected chi connectivity index (χ3v) is 4.21. The Morgan fingerprint density at radius 2 is 1.80 bits per heavy atom. The number of anilines is 1. The van der Waals surface area contributed by atoms with Gasteiger partial charge in [-0.1, -0.05) is 29.3 Å². The molecule has 0 aliphatic carbocycles. The van der Waals surface area contributed by atoms with Crippen LogP contribution in [0.15, 0.2) is 48.9 Å². The van der Waals surface area contributed by atoms with Gasteiger partial charge < -0.3 is 10.1 Å². The van der Waals surface area contributed by atoms with Crippen LogP contribution in [-0.2, 0) is 6.42 Å². The van der Waals surface area contributed by atoms with Gasteiger partial charge in [-0.3, -0.25) is 0 Å². The molecule has 0 unspecified atom stereocenters. The van der Waals surface area contributed by atoms with E-state index in [0.717, 1.165) is 17.7 Å². The summed E-state index contributed by atoms with van der Waals surface area (Å²) in [5, 5.41) is 4.42. The number of halogens is 2. The van der Waals surface area contributed by atoms with Crippen LogP contribution in [0, 0.1) is 6.92 Å². The molecule has 3 aromatic rings. The zero-order valence-electron chi connectivity index (χ0n) is 13.5. The largest absolute Gasteiger partial charge is 0.439 e. The lowest BCUT2D eigenvalue weighted by atomic mass is 10.2. The smallest absolute Gasteiger partial charge is 0.219 e. The number of nitrogens with zero attached hydrogens (tertiary/aromatic N) is 3. The first-order chi connectivity index (χ1) is 12.1. The molecule has 1 aromatic carbocycles. The van der Waals surface area contributed by atoms with Crippen LogP contribution in [0.5, 0.6) is 11.6 Å². The average molecular weight is 375 g/mol. The molecular formula is C18H16Cl2N4O. The van der Waals surface area contributed by atoms with Crippen molar-refractivity contribution in [1.29, 1.82) is 0 Å². The van der Waals surface area contributed by atoms with E-state index in [4.69, 9.17) is 27.9 Å². The summed E-state index contributed by atoms with van der Waals surface area (Å²) in [6.45, 7) is 2.54. The summed E-state index contributed by atoms with van der Waals surface area (Å²) in [4.78, 5) is 12.5. The molecule has 0 saturated heterocycles. The number of ether oxygens (including phenoxy) is 1. The number of aromatic nitrogens is 3. The molecule has 3 rings (SSSR count). The van der Waals surface area contributed by atoms with E-state index in [0.29, 0.717) is 34.0 Å². The Morgan fingerprint density at radius 3 is 2.52 bits per heavy atom. The SMILES string of the molecule is Cc1ncnc(NCCc2ccc(Oc3ccc(Cl)cc3)nc2)c1Cl. The summed E-state index contributed by atoms with van der Waals surface area (Å²) in [5.41, 5.74) is 1.84. The number of rotatable bonds is 6. The predicted molar refractivity (Wildman–Crippen MR) is 99.7 cm³/mol. The van der Waals surface area contributed by atoms with E-state index in [1.54, 1.807) is 30.5 Å². The van der Waals surface area contributed by atoms with Gasteiger partial charge in [0.2, 0.25) is 5.88 Å². The minimum Gasteiger partial charge on any atom is -0.439 e. The van der Waals surface area contributed by atoms with Crippen molar-refractivity contribution in [1.82, 2.24) is 15.0 Å². The van der Waals surface area contributed by atoms with Crippen molar-refractivity contribution < 1.29 is 4.74 Å². The molecule has 0 aliphatic rings. The van der Waals surface area contributed by atoms with Crippen LogP contribution < -0.4 is 10.1 Å². The van der Waals surface area contributed by atoms with Gasteiger partial charge in [-0.2, -0.15) is 0 Å². The normalized spacial score (nSPS) is 10.5. The van der Waals surface area contributed by atoms with E-state index >= 15 is 0 Å². The first-order valence-electron chi connectivity index (χ1n) is 7.71. The van der Waals surface area contributed by atoms with Gasteiger partial charge in [-0.05, 0) is 43.2 Å². The van der Waals surface area contributed by atoms with E-state index in [-0.39, 0.29) is 0 Å². The van der Waals surface area contributed by atoms with Crippen LogP contribution in [0.4, 0.5) is 5.82 Å². The molecule has 2 aromatic heterocycles. The van der Waals surface area contributed by atoms with Crippen LogP contribution in [0.2, 0.25) is 10.0 Å². The summed E-state index contributed by atoms with van der Waals surface area (Å²) in [6.07, 6.45) is 4.07. The van der Waals surface area contributed by atoms with E-state index in [9.17, 15) is 0 Å². The number of nitrogens with one attached hydrogen (secondary N) is 1. The summed E-state index contributed by atoms with van der Waals surface area (Å²) < 4.78 is 5.67. The van der Waals surface area contributed by atoms with Gasteiger partial charge >= 0.3 is 0 Å². The number of hydrogen-bond donors (Lipinski definition) is 1. The predicted octanol–water partition coefficient (Wildman–Crippen LogP) is 4.93. The highest BCUT2D eigenvalue weighted by Gasteiger charge is 2.05. The third kappa shape index (κ3) is 4.81. The second-order valence-corrected chi connectivity index (χ2v) is 6.17. The van der Waals surface area contributed by atoms with Gasteiger partial charge in [-0.25, -0.2) is 15.0 Å². The quantitative estimate of drug-likeness (QED) is 0.662. The Kier molecular flexibility index (Phi) is 5.68. The van der Waals surface area contributed by atoms with Gasteiger partial charge in [0.15, 0.2) is 0 Å². The first-order valence-corrected chi connectivity index (χ1v) is 8.47. The van der Waals surface area contributed by atoms with Crippen molar-refractivity contribution in [3.8, 4) is 11.6 Å². The van der Waals surface area contributed by atoms with E-state index < -0.39 is 0 Å². The van der Waals surface area contributed by atoms with Gasteiger partial charge in [-0.15, -0.1) is 0 Å². The zero-order chi connectivity index (χ0) is 17.6. The molecule has 0 saturated carbocycles. The van der Waals surface area contributed by atoms with Crippen LogP contribution in [0.1, 0.15) is 11.3 Å².